The number of rotatable bonds is 2. The van der Waals surface area contributed by atoms with E-state index >= 15 is 0 Å². The van der Waals surface area contributed by atoms with Crippen molar-refractivity contribution < 1.29 is 28.5 Å². The van der Waals surface area contributed by atoms with Crippen molar-refractivity contribution in [3.63, 3.8) is 0 Å². The topological polar surface area (TPSA) is 70.3 Å². The van der Waals surface area contributed by atoms with Crippen LogP contribution >= 0.6 is 0 Å². The maximum absolute atomic E-state index is 11.0. The molecule has 0 spiro atoms. The smallest absolute Gasteiger partial charge is 0.231 e. The summed E-state index contributed by atoms with van der Waals surface area (Å²) in [6, 6.07) is 9.25. The van der Waals surface area contributed by atoms with E-state index in [1.165, 1.54) is 0 Å². The molecule has 3 aromatic rings. The molecule has 1 N–H and O–H groups in total. The van der Waals surface area contributed by atoms with E-state index in [0.717, 1.165) is 22.1 Å². The molecule has 0 aliphatic carbocycles. The van der Waals surface area contributed by atoms with Crippen LogP contribution in [0.3, 0.4) is 0 Å². The van der Waals surface area contributed by atoms with Gasteiger partial charge in [0.1, 0.15) is 17.1 Å². The lowest BCUT2D eigenvalue weighted by atomic mass is 9.86. The van der Waals surface area contributed by atoms with Gasteiger partial charge in [-0.1, -0.05) is 0 Å². The Morgan fingerprint density at radius 2 is 1.84 bits per heavy atom. The average Bonchev–Trinajstić information content (AvgIpc) is 3.27. The van der Waals surface area contributed by atoms with Crippen LogP contribution in [0, 0.1) is 0 Å². The van der Waals surface area contributed by atoms with Crippen LogP contribution in [0.15, 0.2) is 41.0 Å². The van der Waals surface area contributed by atoms with E-state index in [4.69, 9.17) is 23.4 Å². The van der Waals surface area contributed by atoms with E-state index in [9.17, 15) is 5.11 Å². The van der Waals surface area contributed by atoms with Gasteiger partial charge in [0.15, 0.2) is 11.5 Å². The van der Waals surface area contributed by atoms with Gasteiger partial charge in [-0.25, -0.2) is 0 Å². The molecular weight excluding hydrogens is 324 g/mol. The molecule has 2 aliphatic heterocycles. The van der Waals surface area contributed by atoms with Gasteiger partial charge < -0.3 is 28.5 Å². The van der Waals surface area contributed by atoms with Crippen LogP contribution in [0.4, 0.5) is 0 Å². The third-order valence-electron chi connectivity index (χ3n) is 4.83. The van der Waals surface area contributed by atoms with Crippen LogP contribution in [0.1, 0.15) is 23.1 Å². The maximum atomic E-state index is 11.0. The van der Waals surface area contributed by atoms with E-state index in [1.807, 2.05) is 24.3 Å². The number of furan rings is 1. The van der Waals surface area contributed by atoms with Crippen molar-refractivity contribution in [3.8, 4) is 23.0 Å². The summed E-state index contributed by atoms with van der Waals surface area (Å²) in [5.74, 6) is 2.31. The highest BCUT2D eigenvalue weighted by molar-refractivity contribution is 5.80. The first-order valence-corrected chi connectivity index (χ1v) is 8.04. The number of methoxy groups -OCH3 is 1. The molecule has 2 aromatic carbocycles. The van der Waals surface area contributed by atoms with Gasteiger partial charge >= 0.3 is 0 Å². The van der Waals surface area contributed by atoms with Gasteiger partial charge in [-0.3, -0.25) is 0 Å². The Balaban J connectivity index is 1.59. The standard InChI is InChI=1S/C19H16O6/c1-21-15-7-18-17(24-9-25-18)5-11(15)13-8-23-16-6-14-10(2-3-22-14)4-12(16)19(13)20/h2-7,13,19-20H,8-9H2,1H3. The predicted octanol–water partition coefficient (Wildman–Crippen LogP) is 3.38. The minimum atomic E-state index is -0.725. The zero-order valence-corrected chi connectivity index (χ0v) is 13.5. The lowest BCUT2D eigenvalue weighted by Crippen LogP contribution is -2.24. The van der Waals surface area contributed by atoms with Gasteiger partial charge in [-0.2, -0.15) is 0 Å². The fourth-order valence-corrected chi connectivity index (χ4v) is 3.52. The van der Waals surface area contributed by atoms with Crippen LogP contribution < -0.4 is 18.9 Å². The third kappa shape index (κ3) is 2.14. The molecule has 0 amide bonds. The normalized spacial score (nSPS) is 21.0. The number of hydrogen-bond donors (Lipinski definition) is 1. The van der Waals surface area contributed by atoms with E-state index in [0.29, 0.717) is 29.6 Å². The van der Waals surface area contributed by atoms with Gasteiger partial charge in [-0.15, -0.1) is 0 Å². The molecule has 0 saturated carbocycles. The lowest BCUT2D eigenvalue weighted by molar-refractivity contribution is 0.0878. The first kappa shape index (κ1) is 14.5. The summed E-state index contributed by atoms with van der Waals surface area (Å²) in [4.78, 5) is 0. The van der Waals surface area contributed by atoms with Crippen LogP contribution in [0.25, 0.3) is 11.0 Å². The van der Waals surface area contributed by atoms with Crippen molar-refractivity contribution >= 4 is 11.0 Å². The molecule has 2 aliphatic rings. The molecule has 2 atom stereocenters. The highest BCUT2D eigenvalue weighted by atomic mass is 16.7. The van der Waals surface area contributed by atoms with Gasteiger partial charge in [-0.05, 0) is 18.2 Å². The number of hydrogen-bond acceptors (Lipinski definition) is 6. The van der Waals surface area contributed by atoms with Crippen molar-refractivity contribution in [2.75, 3.05) is 20.5 Å². The number of aliphatic hydroxyl groups excluding tert-OH is 1. The molecule has 5 rings (SSSR count). The SMILES string of the molecule is COc1cc2c(cc1C1COc3cc4occc4cc3C1O)OCO2. The molecule has 3 heterocycles. The van der Waals surface area contributed by atoms with Gasteiger partial charge in [0, 0.05) is 28.6 Å². The average molecular weight is 340 g/mol. The Bertz CT molecular complexity index is 960. The molecule has 0 bridgehead atoms. The van der Waals surface area contributed by atoms with Gasteiger partial charge in [0.2, 0.25) is 6.79 Å². The Morgan fingerprint density at radius 3 is 2.68 bits per heavy atom. The molecule has 0 saturated heterocycles. The van der Waals surface area contributed by atoms with Crippen LogP contribution in [-0.2, 0) is 0 Å². The summed E-state index contributed by atoms with van der Waals surface area (Å²) < 4.78 is 27.7. The van der Waals surface area contributed by atoms with Gasteiger partial charge in [0.05, 0.1) is 32.0 Å². The Hall–Kier alpha value is -2.86. The molecule has 6 nitrogen and oxygen atoms in total. The minimum absolute atomic E-state index is 0.187. The van der Waals surface area contributed by atoms with Crippen LogP contribution in [0.2, 0.25) is 0 Å². The highest BCUT2D eigenvalue weighted by Crippen LogP contribution is 2.48. The summed E-state index contributed by atoms with van der Waals surface area (Å²) in [5.41, 5.74) is 2.31. The van der Waals surface area contributed by atoms with E-state index in [-0.39, 0.29) is 12.7 Å². The second-order valence-corrected chi connectivity index (χ2v) is 6.16. The van der Waals surface area contributed by atoms with Crippen molar-refractivity contribution in [1.29, 1.82) is 0 Å². The molecule has 2 unspecified atom stereocenters. The molecule has 0 radical (unpaired) electrons. The third-order valence-corrected chi connectivity index (χ3v) is 4.83. The second-order valence-electron chi connectivity index (χ2n) is 6.16. The Labute approximate surface area is 143 Å². The van der Waals surface area contributed by atoms with E-state index in [1.54, 1.807) is 19.4 Å². The van der Waals surface area contributed by atoms with E-state index in [2.05, 4.69) is 0 Å². The molecule has 0 fully saturated rings. The van der Waals surface area contributed by atoms with Crippen molar-refractivity contribution in [2.24, 2.45) is 0 Å². The summed E-state index contributed by atoms with van der Waals surface area (Å²) in [7, 11) is 1.60. The number of benzene rings is 2. The first-order valence-electron chi connectivity index (χ1n) is 8.04. The summed E-state index contributed by atoms with van der Waals surface area (Å²) in [6.45, 7) is 0.517. The fourth-order valence-electron chi connectivity index (χ4n) is 3.52. The van der Waals surface area contributed by atoms with Gasteiger partial charge in [0.25, 0.3) is 0 Å². The number of ether oxygens (including phenoxy) is 4. The quantitative estimate of drug-likeness (QED) is 0.771. The zero-order chi connectivity index (χ0) is 17.0. The molecule has 128 valence electrons. The monoisotopic (exact) mass is 340 g/mol. The Kier molecular flexibility index (Phi) is 3.08. The number of fused-ring (bicyclic) bond motifs is 3. The molecule has 6 heteroatoms. The van der Waals surface area contributed by atoms with Crippen molar-refractivity contribution in [2.45, 2.75) is 12.0 Å². The van der Waals surface area contributed by atoms with Crippen LogP contribution in [0.5, 0.6) is 23.0 Å². The molecular formula is C19H16O6. The summed E-state index contributed by atoms with van der Waals surface area (Å²) >= 11 is 0. The lowest BCUT2D eigenvalue weighted by Gasteiger charge is -2.31. The van der Waals surface area contributed by atoms with Crippen LogP contribution in [-0.4, -0.2) is 25.6 Å². The highest BCUT2D eigenvalue weighted by Gasteiger charge is 2.34. The maximum Gasteiger partial charge on any atom is 0.231 e. The van der Waals surface area contributed by atoms with Crippen molar-refractivity contribution in [1.82, 2.24) is 0 Å². The summed E-state index contributed by atoms with van der Waals surface area (Å²) in [5, 5.41) is 11.9. The molecule has 1 aromatic heterocycles. The minimum Gasteiger partial charge on any atom is -0.496 e. The Morgan fingerprint density at radius 1 is 1.00 bits per heavy atom. The van der Waals surface area contributed by atoms with Crippen molar-refractivity contribution in [3.05, 3.63) is 47.7 Å². The zero-order valence-electron chi connectivity index (χ0n) is 13.5. The predicted molar refractivity (Wildman–Crippen MR) is 88.5 cm³/mol. The fraction of sp³-hybridized carbons (Fsp3) is 0.263. The first-order chi connectivity index (χ1) is 12.2. The number of aliphatic hydroxyl groups is 1. The largest absolute Gasteiger partial charge is 0.496 e. The molecule has 25 heavy (non-hydrogen) atoms. The second kappa shape index (κ2) is 5.32. The summed E-state index contributed by atoms with van der Waals surface area (Å²) in [6.07, 6.45) is 0.901. The van der Waals surface area contributed by atoms with E-state index < -0.39 is 6.10 Å².